The van der Waals surface area contributed by atoms with E-state index in [4.69, 9.17) is 0 Å². The Hall–Kier alpha value is -1.38. The maximum Gasteiger partial charge on any atom is 0.0385 e. The van der Waals surface area contributed by atoms with Gasteiger partial charge >= 0.3 is 0 Å². The van der Waals surface area contributed by atoms with Gasteiger partial charge in [0.1, 0.15) is 0 Å². The summed E-state index contributed by atoms with van der Waals surface area (Å²) in [4.78, 5) is 0. The van der Waals surface area contributed by atoms with Gasteiger partial charge in [0.25, 0.3) is 0 Å². The Morgan fingerprint density at radius 3 is 1.42 bits per heavy atom. The van der Waals surface area contributed by atoms with Crippen LogP contribution in [0.3, 0.4) is 0 Å². The van der Waals surface area contributed by atoms with Crippen molar-refractivity contribution in [1.82, 2.24) is 0 Å². The third-order valence-corrected chi connectivity index (χ3v) is 2.36. The van der Waals surface area contributed by atoms with Crippen LogP contribution in [0.15, 0.2) is 18.2 Å². The van der Waals surface area contributed by atoms with E-state index in [1.54, 1.807) is 0 Å². The molecule has 19 heavy (non-hydrogen) atoms. The molecule has 108 valence electrons. The molecule has 0 radical (unpaired) electrons. The van der Waals surface area contributed by atoms with E-state index in [2.05, 4.69) is 82.6 Å². The van der Waals surface area contributed by atoms with Crippen molar-refractivity contribution < 1.29 is 0 Å². The highest BCUT2D eigenvalue weighted by molar-refractivity contribution is 5.68. The second-order valence-corrected chi connectivity index (χ2v) is 6.77. The zero-order valence-electron chi connectivity index (χ0n) is 13.4. The van der Waals surface area contributed by atoms with Crippen molar-refractivity contribution >= 4 is 17.1 Å². The van der Waals surface area contributed by atoms with Gasteiger partial charge in [-0.3, -0.25) is 0 Å². The summed E-state index contributed by atoms with van der Waals surface area (Å²) < 4.78 is 0. The summed E-state index contributed by atoms with van der Waals surface area (Å²) >= 11 is 0. The Bertz CT molecular complexity index is 375. The van der Waals surface area contributed by atoms with E-state index in [9.17, 15) is 0 Å². The molecule has 0 saturated heterocycles. The summed E-state index contributed by atoms with van der Waals surface area (Å²) in [5.74, 6) is 0. The van der Waals surface area contributed by atoms with Crippen LogP contribution >= 0.6 is 0 Å². The van der Waals surface area contributed by atoms with E-state index in [0.717, 1.165) is 17.1 Å². The lowest BCUT2D eigenvalue weighted by atomic mass is 10.1. The smallest absolute Gasteiger partial charge is 0.0385 e. The van der Waals surface area contributed by atoms with E-state index in [1.807, 2.05) is 0 Å². The maximum atomic E-state index is 3.53. The van der Waals surface area contributed by atoms with Crippen LogP contribution < -0.4 is 16.0 Å². The average molecular weight is 263 g/mol. The van der Waals surface area contributed by atoms with Crippen LogP contribution in [0.2, 0.25) is 0 Å². The van der Waals surface area contributed by atoms with Gasteiger partial charge in [-0.1, -0.05) is 0 Å². The number of benzene rings is 1. The molecule has 1 aromatic rings. The molecule has 0 aliphatic rings. The molecule has 0 atom stereocenters. The molecule has 1 aromatic carbocycles. The summed E-state index contributed by atoms with van der Waals surface area (Å²) in [5, 5.41) is 10.5. The standard InChI is InChI=1S/C16H29N3/c1-11(2)17-13-8-14(18-12(3)4)10-15(9-13)19-16(5,6)7/h8-12,17-19H,1-7H3. The van der Waals surface area contributed by atoms with E-state index in [-0.39, 0.29) is 5.54 Å². The number of hydrogen-bond acceptors (Lipinski definition) is 3. The van der Waals surface area contributed by atoms with Crippen LogP contribution in [0.1, 0.15) is 48.5 Å². The van der Waals surface area contributed by atoms with E-state index < -0.39 is 0 Å². The van der Waals surface area contributed by atoms with E-state index in [0.29, 0.717) is 12.1 Å². The fourth-order valence-electron chi connectivity index (χ4n) is 1.97. The van der Waals surface area contributed by atoms with E-state index >= 15 is 0 Å². The highest BCUT2D eigenvalue weighted by Gasteiger charge is 2.11. The zero-order chi connectivity index (χ0) is 14.6. The third-order valence-electron chi connectivity index (χ3n) is 2.36. The van der Waals surface area contributed by atoms with Gasteiger partial charge in [0, 0.05) is 34.7 Å². The third kappa shape index (κ3) is 6.37. The number of rotatable bonds is 5. The van der Waals surface area contributed by atoms with Crippen LogP contribution in [-0.4, -0.2) is 17.6 Å². The number of nitrogens with one attached hydrogen (secondary N) is 3. The van der Waals surface area contributed by atoms with Gasteiger partial charge in [0.05, 0.1) is 0 Å². The zero-order valence-corrected chi connectivity index (χ0v) is 13.4. The molecule has 0 aliphatic carbocycles. The monoisotopic (exact) mass is 263 g/mol. The first-order chi connectivity index (χ1) is 8.65. The SMILES string of the molecule is CC(C)Nc1cc(NC(C)C)cc(NC(C)(C)C)c1. The van der Waals surface area contributed by atoms with Gasteiger partial charge in [-0.05, 0) is 66.7 Å². The van der Waals surface area contributed by atoms with Crippen LogP contribution in [-0.2, 0) is 0 Å². The summed E-state index contributed by atoms with van der Waals surface area (Å²) in [5.41, 5.74) is 3.49. The van der Waals surface area contributed by atoms with E-state index in [1.165, 1.54) is 0 Å². The molecule has 3 heteroatoms. The van der Waals surface area contributed by atoms with Crippen molar-refractivity contribution in [1.29, 1.82) is 0 Å². The molecule has 0 aliphatic heterocycles. The van der Waals surface area contributed by atoms with Crippen molar-refractivity contribution in [3.05, 3.63) is 18.2 Å². The lowest BCUT2D eigenvalue weighted by molar-refractivity contribution is 0.634. The first-order valence-electron chi connectivity index (χ1n) is 7.12. The van der Waals surface area contributed by atoms with Gasteiger partial charge in [-0.25, -0.2) is 0 Å². The second-order valence-electron chi connectivity index (χ2n) is 6.77. The summed E-state index contributed by atoms with van der Waals surface area (Å²) in [6.07, 6.45) is 0. The van der Waals surface area contributed by atoms with Crippen molar-refractivity contribution in [2.45, 2.75) is 66.1 Å². The normalized spacial score (nSPS) is 11.8. The predicted molar refractivity (Wildman–Crippen MR) is 87.3 cm³/mol. The summed E-state index contributed by atoms with van der Waals surface area (Å²) in [7, 11) is 0. The lowest BCUT2D eigenvalue weighted by Gasteiger charge is -2.24. The lowest BCUT2D eigenvalue weighted by Crippen LogP contribution is -2.26. The van der Waals surface area contributed by atoms with Crippen LogP contribution in [0.4, 0.5) is 17.1 Å². The second kappa shape index (κ2) is 6.18. The molecule has 0 unspecified atom stereocenters. The summed E-state index contributed by atoms with van der Waals surface area (Å²) in [6.45, 7) is 15.1. The fraction of sp³-hybridized carbons (Fsp3) is 0.625. The van der Waals surface area contributed by atoms with Gasteiger partial charge in [-0.2, -0.15) is 0 Å². The quantitative estimate of drug-likeness (QED) is 0.730. The molecule has 0 fully saturated rings. The molecule has 0 bridgehead atoms. The molecule has 0 amide bonds. The van der Waals surface area contributed by atoms with Crippen LogP contribution in [0.5, 0.6) is 0 Å². The van der Waals surface area contributed by atoms with Gasteiger partial charge in [0.15, 0.2) is 0 Å². The minimum atomic E-state index is 0.0611. The van der Waals surface area contributed by atoms with Crippen molar-refractivity contribution in [3.63, 3.8) is 0 Å². The summed E-state index contributed by atoms with van der Waals surface area (Å²) in [6, 6.07) is 7.34. The number of anilines is 3. The van der Waals surface area contributed by atoms with Crippen molar-refractivity contribution in [3.8, 4) is 0 Å². The molecule has 1 rings (SSSR count). The van der Waals surface area contributed by atoms with Gasteiger partial charge < -0.3 is 16.0 Å². The first kappa shape index (κ1) is 15.7. The predicted octanol–water partition coefficient (Wildman–Crippen LogP) is 4.54. The Balaban J connectivity index is 3.01. The number of hydrogen-bond donors (Lipinski definition) is 3. The highest BCUT2D eigenvalue weighted by Crippen LogP contribution is 2.26. The van der Waals surface area contributed by atoms with Gasteiger partial charge in [0.2, 0.25) is 0 Å². The molecule has 3 nitrogen and oxygen atoms in total. The molecule has 3 N–H and O–H groups in total. The fourth-order valence-corrected chi connectivity index (χ4v) is 1.97. The molecular formula is C16H29N3. The molecule has 0 spiro atoms. The molecule has 0 heterocycles. The Labute approximate surface area is 118 Å². The van der Waals surface area contributed by atoms with Crippen LogP contribution in [0.25, 0.3) is 0 Å². The largest absolute Gasteiger partial charge is 0.383 e. The molecule has 0 saturated carbocycles. The highest BCUT2D eigenvalue weighted by atomic mass is 15.0. The Morgan fingerprint density at radius 2 is 1.11 bits per heavy atom. The van der Waals surface area contributed by atoms with Gasteiger partial charge in [-0.15, -0.1) is 0 Å². The van der Waals surface area contributed by atoms with Crippen LogP contribution in [0, 0.1) is 0 Å². The topological polar surface area (TPSA) is 36.1 Å². The average Bonchev–Trinajstić information content (AvgIpc) is 2.10. The van der Waals surface area contributed by atoms with Crippen molar-refractivity contribution in [2.24, 2.45) is 0 Å². The minimum absolute atomic E-state index is 0.0611. The Kier molecular flexibility index (Phi) is 5.10. The molecular weight excluding hydrogens is 234 g/mol. The van der Waals surface area contributed by atoms with Crippen molar-refractivity contribution in [2.75, 3.05) is 16.0 Å². The minimum Gasteiger partial charge on any atom is -0.383 e. The first-order valence-corrected chi connectivity index (χ1v) is 7.12. The molecule has 0 aromatic heterocycles. The Morgan fingerprint density at radius 1 is 0.737 bits per heavy atom. The maximum absolute atomic E-state index is 3.53.